The molecule has 1 amide bonds. The molecule has 0 spiro atoms. The van der Waals surface area contributed by atoms with E-state index in [1.165, 1.54) is 7.11 Å². The summed E-state index contributed by atoms with van der Waals surface area (Å²) in [6.45, 7) is 6.45. The lowest BCUT2D eigenvalue weighted by Crippen LogP contribution is -2.39. The van der Waals surface area contributed by atoms with Gasteiger partial charge in [-0.2, -0.15) is 9.78 Å². The maximum atomic E-state index is 14.3. The SMILES string of the molecule is COc1cc2c(nc1-c1cccc3c1CC(F)C3)c(-c1ccc(C3=CCN(C(=O)OC(C)(C)C)CC3)nc1)nn2C(=O)O. The Labute approximate surface area is 247 Å². The first-order valence-corrected chi connectivity index (χ1v) is 14.1. The number of aromatic nitrogens is 4. The Balaban J connectivity index is 1.36. The van der Waals surface area contributed by atoms with Gasteiger partial charge in [0.2, 0.25) is 0 Å². The third-order valence-corrected chi connectivity index (χ3v) is 7.64. The van der Waals surface area contributed by atoms with Crippen LogP contribution in [0.15, 0.2) is 48.7 Å². The first-order valence-electron chi connectivity index (χ1n) is 14.1. The minimum atomic E-state index is -1.26. The largest absolute Gasteiger partial charge is 0.494 e. The molecule has 4 heterocycles. The molecule has 43 heavy (non-hydrogen) atoms. The van der Waals surface area contributed by atoms with Gasteiger partial charge in [-0.3, -0.25) is 4.98 Å². The minimum Gasteiger partial charge on any atom is -0.494 e. The minimum absolute atomic E-state index is 0.264. The molecule has 10 nitrogen and oxygen atoms in total. The summed E-state index contributed by atoms with van der Waals surface area (Å²) in [5.74, 6) is 0.371. The van der Waals surface area contributed by atoms with E-state index in [1.807, 2.05) is 57.2 Å². The average Bonchev–Trinajstić information content (AvgIpc) is 3.55. The van der Waals surface area contributed by atoms with Gasteiger partial charge in [0, 0.05) is 49.3 Å². The number of nitrogens with zero attached hydrogens (tertiary/aromatic N) is 5. The second kappa shape index (κ2) is 10.8. The lowest BCUT2D eigenvalue weighted by molar-refractivity contribution is 0.0270. The van der Waals surface area contributed by atoms with Crippen LogP contribution in [0.3, 0.4) is 0 Å². The Kier molecular flexibility index (Phi) is 7.11. The summed E-state index contributed by atoms with van der Waals surface area (Å²) in [5, 5.41) is 14.3. The van der Waals surface area contributed by atoms with Gasteiger partial charge >= 0.3 is 12.2 Å². The molecule has 0 fully saturated rings. The van der Waals surface area contributed by atoms with E-state index in [0.29, 0.717) is 54.1 Å². The molecule has 11 heteroatoms. The van der Waals surface area contributed by atoms with Crippen LogP contribution in [0.4, 0.5) is 14.0 Å². The number of fused-ring (bicyclic) bond motifs is 2. The first kappa shape index (κ1) is 28.3. The number of carboxylic acid groups (broad SMARTS) is 1. The van der Waals surface area contributed by atoms with E-state index in [0.717, 1.165) is 32.6 Å². The standard InChI is InChI=1S/C32H32FN5O5/c1-32(2,3)43-31(41)37-12-10-18(11-13-37)24-9-8-20(17-34-24)27-29-25(38(36-27)30(39)40)16-26(42-4)28(35-29)22-7-5-6-19-14-21(33)15-23(19)22/h5-10,16-17,21H,11-15H2,1-4H3,(H,39,40). The predicted molar refractivity (Wildman–Crippen MR) is 159 cm³/mol. The van der Waals surface area contributed by atoms with Gasteiger partial charge in [0.25, 0.3) is 0 Å². The van der Waals surface area contributed by atoms with Gasteiger partial charge in [0.15, 0.2) is 0 Å². The number of hydrogen-bond acceptors (Lipinski definition) is 7. The molecule has 1 unspecified atom stereocenters. The van der Waals surface area contributed by atoms with Crippen molar-refractivity contribution in [2.24, 2.45) is 0 Å². The van der Waals surface area contributed by atoms with E-state index >= 15 is 0 Å². The smallest absolute Gasteiger partial charge is 0.432 e. The van der Waals surface area contributed by atoms with Crippen LogP contribution in [0.1, 0.15) is 44.0 Å². The zero-order chi connectivity index (χ0) is 30.5. The molecule has 0 radical (unpaired) electrons. The predicted octanol–water partition coefficient (Wildman–Crippen LogP) is 6.16. The van der Waals surface area contributed by atoms with Gasteiger partial charge < -0.3 is 19.5 Å². The Morgan fingerprint density at radius 2 is 1.93 bits per heavy atom. The van der Waals surface area contributed by atoms with Crippen molar-refractivity contribution in [3.05, 3.63) is 65.5 Å². The highest BCUT2D eigenvalue weighted by Gasteiger charge is 2.28. The van der Waals surface area contributed by atoms with Crippen LogP contribution in [0.2, 0.25) is 0 Å². The number of benzene rings is 1. The normalized spacial score (nSPS) is 16.6. The van der Waals surface area contributed by atoms with Crippen LogP contribution in [0.5, 0.6) is 5.75 Å². The molecule has 2 aliphatic rings. The van der Waals surface area contributed by atoms with Crippen LogP contribution in [0.25, 0.3) is 39.1 Å². The maximum absolute atomic E-state index is 14.3. The van der Waals surface area contributed by atoms with Gasteiger partial charge in [-0.1, -0.05) is 24.3 Å². The van der Waals surface area contributed by atoms with Gasteiger partial charge in [-0.05, 0) is 56.0 Å². The lowest BCUT2D eigenvalue weighted by Gasteiger charge is -2.29. The second-order valence-electron chi connectivity index (χ2n) is 11.7. The number of carbonyl (C=O) groups is 2. The molecule has 1 N–H and O–H groups in total. The fourth-order valence-corrected chi connectivity index (χ4v) is 5.65. The number of ether oxygens (including phenoxy) is 2. The molecule has 1 aromatic carbocycles. The molecule has 0 saturated heterocycles. The quantitative estimate of drug-likeness (QED) is 0.303. The number of pyridine rings is 2. The molecular weight excluding hydrogens is 553 g/mol. The fraction of sp³-hybridized carbons (Fsp3) is 0.344. The van der Waals surface area contributed by atoms with Crippen LogP contribution in [-0.4, -0.2) is 73.9 Å². The highest BCUT2D eigenvalue weighted by molar-refractivity contribution is 5.97. The third-order valence-electron chi connectivity index (χ3n) is 7.64. The highest BCUT2D eigenvalue weighted by Crippen LogP contribution is 2.40. The van der Waals surface area contributed by atoms with Crippen molar-refractivity contribution in [3.8, 4) is 28.3 Å². The summed E-state index contributed by atoms with van der Waals surface area (Å²) in [7, 11) is 1.49. The van der Waals surface area contributed by atoms with Crippen molar-refractivity contribution >= 4 is 28.8 Å². The Bertz CT molecular complexity index is 1770. The summed E-state index contributed by atoms with van der Waals surface area (Å²) in [6.07, 6.45) is 2.29. The summed E-state index contributed by atoms with van der Waals surface area (Å²) >= 11 is 0. The molecule has 1 aliphatic heterocycles. The average molecular weight is 586 g/mol. The topological polar surface area (TPSA) is 120 Å². The van der Waals surface area contributed by atoms with Crippen molar-refractivity contribution in [2.75, 3.05) is 20.2 Å². The number of halogens is 1. The number of alkyl halides is 1. The van der Waals surface area contributed by atoms with Crippen molar-refractivity contribution in [1.29, 1.82) is 0 Å². The van der Waals surface area contributed by atoms with Crippen molar-refractivity contribution < 1.29 is 28.6 Å². The van der Waals surface area contributed by atoms with Crippen molar-refractivity contribution in [2.45, 2.75) is 51.8 Å². The van der Waals surface area contributed by atoms with Crippen LogP contribution in [-0.2, 0) is 17.6 Å². The summed E-state index contributed by atoms with van der Waals surface area (Å²) in [4.78, 5) is 35.7. The molecule has 6 rings (SSSR count). The van der Waals surface area contributed by atoms with Gasteiger partial charge in [-0.25, -0.2) is 19.0 Å². The Morgan fingerprint density at radius 1 is 1.12 bits per heavy atom. The van der Waals surface area contributed by atoms with E-state index in [2.05, 4.69) is 10.1 Å². The lowest BCUT2D eigenvalue weighted by atomic mass is 9.99. The number of amides is 1. The third kappa shape index (κ3) is 5.42. The fourth-order valence-electron chi connectivity index (χ4n) is 5.65. The summed E-state index contributed by atoms with van der Waals surface area (Å²) in [5.41, 5.74) is 5.83. The van der Waals surface area contributed by atoms with E-state index in [-0.39, 0.29) is 18.0 Å². The van der Waals surface area contributed by atoms with Crippen LogP contribution >= 0.6 is 0 Å². The zero-order valence-electron chi connectivity index (χ0n) is 24.4. The summed E-state index contributed by atoms with van der Waals surface area (Å²) < 4.78 is 26.3. The monoisotopic (exact) mass is 585 g/mol. The Hall–Kier alpha value is -4.80. The number of methoxy groups -OCH3 is 1. The molecule has 4 aromatic rings. The van der Waals surface area contributed by atoms with Gasteiger partial charge in [-0.15, -0.1) is 0 Å². The molecule has 0 saturated carbocycles. The van der Waals surface area contributed by atoms with Gasteiger partial charge in [0.1, 0.15) is 39.9 Å². The molecular formula is C32H32FN5O5. The van der Waals surface area contributed by atoms with Gasteiger partial charge in [0.05, 0.1) is 12.8 Å². The molecule has 1 aliphatic carbocycles. The number of carbonyl (C=O) groups excluding carboxylic acids is 1. The highest BCUT2D eigenvalue weighted by atomic mass is 19.1. The summed E-state index contributed by atoms with van der Waals surface area (Å²) in [6, 6.07) is 11.0. The van der Waals surface area contributed by atoms with E-state index in [1.54, 1.807) is 17.2 Å². The molecule has 0 bridgehead atoms. The number of rotatable bonds is 4. The van der Waals surface area contributed by atoms with Crippen LogP contribution < -0.4 is 4.74 Å². The van der Waals surface area contributed by atoms with Crippen LogP contribution in [0, 0.1) is 0 Å². The van der Waals surface area contributed by atoms with E-state index < -0.39 is 17.9 Å². The zero-order valence-corrected chi connectivity index (χ0v) is 24.4. The second-order valence-corrected chi connectivity index (χ2v) is 11.7. The first-order chi connectivity index (χ1) is 20.5. The molecule has 222 valence electrons. The number of hydrogen-bond donors (Lipinski definition) is 1. The van der Waals surface area contributed by atoms with E-state index in [9.17, 15) is 19.1 Å². The maximum Gasteiger partial charge on any atom is 0.432 e. The molecule has 1 atom stereocenters. The Morgan fingerprint density at radius 3 is 2.58 bits per heavy atom. The van der Waals surface area contributed by atoms with Crippen molar-refractivity contribution in [1.82, 2.24) is 24.6 Å². The molecule has 3 aromatic heterocycles. The van der Waals surface area contributed by atoms with E-state index in [4.69, 9.17) is 14.5 Å². The van der Waals surface area contributed by atoms with Crippen molar-refractivity contribution in [3.63, 3.8) is 0 Å².